The summed E-state index contributed by atoms with van der Waals surface area (Å²) in [7, 11) is 0. The fourth-order valence-electron chi connectivity index (χ4n) is 3.34. The van der Waals surface area contributed by atoms with Crippen LogP contribution in [0.4, 0.5) is 4.39 Å². The van der Waals surface area contributed by atoms with E-state index in [1.165, 1.54) is 12.1 Å². The number of carbonyl (C=O) groups is 1. The van der Waals surface area contributed by atoms with Crippen LogP contribution in [0, 0.1) is 17.1 Å². The summed E-state index contributed by atoms with van der Waals surface area (Å²) < 4.78 is 19.1. The Balaban J connectivity index is 1.76. The first-order valence-electron chi connectivity index (χ1n) is 8.06. The highest BCUT2D eigenvalue weighted by Gasteiger charge is 2.44. The van der Waals surface area contributed by atoms with Crippen molar-refractivity contribution in [3.8, 4) is 6.07 Å². The highest BCUT2D eigenvalue weighted by molar-refractivity contribution is 5.83. The van der Waals surface area contributed by atoms with Gasteiger partial charge < -0.3 is 4.74 Å². The summed E-state index contributed by atoms with van der Waals surface area (Å²) in [6.07, 6.45) is 3.23. The maximum atomic E-state index is 13.6. The highest BCUT2D eigenvalue weighted by Crippen LogP contribution is 2.42. The Morgan fingerprint density at radius 3 is 2.50 bits per heavy atom. The second-order valence-corrected chi connectivity index (χ2v) is 6.18. The van der Waals surface area contributed by atoms with Crippen LogP contribution in [0.25, 0.3) is 0 Å². The van der Waals surface area contributed by atoms with Gasteiger partial charge in [-0.15, -0.1) is 0 Å². The molecule has 0 N–H and O–H groups in total. The Morgan fingerprint density at radius 1 is 1.17 bits per heavy atom. The SMILES string of the molecule is N#Cc1ccc(COC(=O)C2(c3cccc(F)c3)CCCC2)cc1. The first-order chi connectivity index (χ1) is 11.6. The van der Waals surface area contributed by atoms with E-state index in [2.05, 4.69) is 6.07 Å². The number of hydrogen-bond acceptors (Lipinski definition) is 3. The number of nitriles is 1. The van der Waals surface area contributed by atoms with Gasteiger partial charge in [-0.25, -0.2) is 4.39 Å². The molecule has 1 saturated carbocycles. The maximum Gasteiger partial charge on any atom is 0.316 e. The van der Waals surface area contributed by atoms with Crippen molar-refractivity contribution in [1.29, 1.82) is 5.26 Å². The molecule has 0 amide bonds. The van der Waals surface area contributed by atoms with Crippen LogP contribution >= 0.6 is 0 Å². The van der Waals surface area contributed by atoms with Crippen LogP contribution < -0.4 is 0 Å². The second-order valence-electron chi connectivity index (χ2n) is 6.18. The van der Waals surface area contributed by atoms with Gasteiger partial charge in [-0.05, 0) is 48.2 Å². The van der Waals surface area contributed by atoms with Crippen LogP contribution in [0.2, 0.25) is 0 Å². The predicted molar refractivity (Wildman–Crippen MR) is 87.5 cm³/mol. The molecule has 2 aromatic rings. The number of nitrogens with zero attached hydrogens (tertiary/aromatic N) is 1. The Kier molecular flexibility index (Phi) is 4.61. The van der Waals surface area contributed by atoms with Gasteiger partial charge in [0.2, 0.25) is 0 Å². The van der Waals surface area contributed by atoms with Crippen molar-refractivity contribution >= 4 is 5.97 Å². The fourth-order valence-corrected chi connectivity index (χ4v) is 3.34. The number of ether oxygens (including phenoxy) is 1. The summed E-state index contributed by atoms with van der Waals surface area (Å²) in [4.78, 5) is 12.8. The van der Waals surface area contributed by atoms with E-state index in [9.17, 15) is 9.18 Å². The standard InChI is InChI=1S/C20H18FNO2/c21-18-5-3-4-17(12-18)20(10-1-2-11-20)19(23)24-14-16-8-6-15(13-22)7-9-16/h3-9,12H,1-2,10-11,14H2. The first-order valence-corrected chi connectivity index (χ1v) is 8.06. The van der Waals surface area contributed by atoms with Crippen LogP contribution in [-0.2, 0) is 21.6 Å². The zero-order valence-corrected chi connectivity index (χ0v) is 13.3. The molecule has 3 nitrogen and oxygen atoms in total. The molecule has 0 heterocycles. The van der Waals surface area contributed by atoms with Crippen molar-refractivity contribution in [2.45, 2.75) is 37.7 Å². The highest BCUT2D eigenvalue weighted by atomic mass is 19.1. The molecule has 24 heavy (non-hydrogen) atoms. The number of benzene rings is 2. The number of carbonyl (C=O) groups excluding carboxylic acids is 1. The number of hydrogen-bond donors (Lipinski definition) is 0. The average Bonchev–Trinajstić information content (AvgIpc) is 3.11. The van der Waals surface area contributed by atoms with E-state index in [-0.39, 0.29) is 18.4 Å². The lowest BCUT2D eigenvalue weighted by Crippen LogP contribution is -2.34. The van der Waals surface area contributed by atoms with Gasteiger partial charge in [0, 0.05) is 0 Å². The van der Waals surface area contributed by atoms with Crippen molar-refractivity contribution in [2.75, 3.05) is 0 Å². The van der Waals surface area contributed by atoms with Gasteiger partial charge in [0.15, 0.2) is 0 Å². The van der Waals surface area contributed by atoms with E-state index in [1.807, 2.05) is 0 Å². The van der Waals surface area contributed by atoms with E-state index in [0.717, 1.165) is 18.4 Å². The molecule has 4 heteroatoms. The molecule has 3 rings (SSSR count). The zero-order chi connectivity index (χ0) is 17.0. The minimum atomic E-state index is -0.741. The lowest BCUT2D eigenvalue weighted by atomic mass is 9.79. The lowest BCUT2D eigenvalue weighted by Gasteiger charge is -2.27. The molecule has 0 unspecified atom stereocenters. The van der Waals surface area contributed by atoms with Crippen molar-refractivity contribution in [3.05, 3.63) is 71.0 Å². The quantitative estimate of drug-likeness (QED) is 0.790. The fraction of sp³-hybridized carbons (Fsp3) is 0.300. The molecule has 1 fully saturated rings. The van der Waals surface area contributed by atoms with Gasteiger partial charge in [-0.3, -0.25) is 4.79 Å². The van der Waals surface area contributed by atoms with Crippen molar-refractivity contribution in [1.82, 2.24) is 0 Å². The Labute approximate surface area is 140 Å². The second kappa shape index (κ2) is 6.84. The Bertz CT molecular complexity index is 771. The summed E-state index contributed by atoms with van der Waals surface area (Å²) >= 11 is 0. The van der Waals surface area contributed by atoms with E-state index in [4.69, 9.17) is 10.00 Å². The van der Waals surface area contributed by atoms with Gasteiger partial charge in [-0.2, -0.15) is 5.26 Å². The Hall–Kier alpha value is -2.67. The van der Waals surface area contributed by atoms with Crippen LogP contribution in [0.1, 0.15) is 42.4 Å². The molecular weight excluding hydrogens is 305 g/mol. The average molecular weight is 323 g/mol. The predicted octanol–water partition coefficient (Wildman–Crippen LogP) is 4.25. The number of esters is 1. The third-order valence-electron chi connectivity index (χ3n) is 4.68. The molecule has 0 bridgehead atoms. The lowest BCUT2D eigenvalue weighted by molar-refractivity contribution is -0.152. The van der Waals surface area contributed by atoms with Gasteiger partial charge in [0.25, 0.3) is 0 Å². The molecule has 0 spiro atoms. The molecule has 1 aliphatic rings. The Morgan fingerprint density at radius 2 is 1.88 bits per heavy atom. The van der Waals surface area contributed by atoms with Crippen molar-refractivity contribution < 1.29 is 13.9 Å². The van der Waals surface area contributed by atoms with Gasteiger partial charge in [0.1, 0.15) is 12.4 Å². The molecule has 0 aromatic heterocycles. The smallest absolute Gasteiger partial charge is 0.316 e. The van der Waals surface area contributed by atoms with E-state index in [1.54, 1.807) is 36.4 Å². The molecule has 0 aliphatic heterocycles. The normalized spacial score (nSPS) is 15.7. The van der Waals surface area contributed by atoms with Crippen LogP contribution in [0.3, 0.4) is 0 Å². The number of rotatable bonds is 4. The third kappa shape index (κ3) is 3.16. The summed E-state index contributed by atoms with van der Waals surface area (Å²) in [6.45, 7) is 0.154. The minimum Gasteiger partial charge on any atom is -0.460 e. The summed E-state index contributed by atoms with van der Waals surface area (Å²) in [6, 6.07) is 15.3. The molecule has 0 atom stereocenters. The van der Waals surface area contributed by atoms with Gasteiger partial charge in [-0.1, -0.05) is 37.1 Å². The topological polar surface area (TPSA) is 50.1 Å². The molecule has 0 radical (unpaired) electrons. The first kappa shape index (κ1) is 16.2. The monoisotopic (exact) mass is 323 g/mol. The molecular formula is C20H18FNO2. The number of halogens is 1. The van der Waals surface area contributed by atoms with Crippen LogP contribution in [0.15, 0.2) is 48.5 Å². The molecule has 2 aromatic carbocycles. The third-order valence-corrected chi connectivity index (χ3v) is 4.68. The van der Waals surface area contributed by atoms with Crippen LogP contribution in [-0.4, -0.2) is 5.97 Å². The van der Waals surface area contributed by atoms with Crippen molar-refractivity contribution in [2.24, 2.45) is 0 Å². The largest absolute Gasteiger partial charge is 0.460 e. The van der Waals surface area contributed by atoms with Crippen molar-refractivity contribution in [3.63, 3.8) is 0 Å². The summed E-state index contributed by atoms with van der Waals surface area (Å²) in [5.74, 6) is -0.631. The molecule has 0 saturated heterocycles. The molecule has 1 aliphatic carbocycles. The van der Waals surface area contributed by atoms with E-state index in [0.29, 0.717) is 24.0 Å². The maximum absolute atomic E-state index is 13.6. The summed E-state index contributed by atoms with van der Waals surface area (Å²) in [5, 5.41) is 8.81. The van der Waals surface area contributed by atoms with E-state index < -0.39 is 5.41 Å². The molecule has 122 valence electrons. The van der Waals surface area contributed by atoms with Crippen LogP contribution in [0.5, 0.6) is 0 Å². The zero-order valence-electron chi connectivity index (χ0n) is 13.3. The minimum absolute atomic E-state index is 0.154. The van der Waals surface area contributed by atoms with Gasteiger partial charge in [0.05, 0.1) is 17.0 Å². The van der Waals surface area contributed by atoms with Gasteiger partial charge >= 0.3 is 5.97 Å². The summed E-state index contributed by atoms with van der Waals surface area (Å²) in [5.41, 5.74) is 1.35. The van der Waals surface area contributed by atoms with E-state index >= 15 is 0 Å².